The van der Waals surface area contributed by atoms with Crippen molar-refractivity contribution in [2.45, 2.75) is 78.1 Å². The van der Waals surface area contributed by atoms with Crippen molar-refractivity contribution in [2.24, 2.45) is 0 Å². The molecule has 1 aromatic carbocycles. The van der Waals surface area contributed by atoms with Gasteiger partial charge in [0.15, 0.2) is 5.43 Å². The molecule has 24 heavy (non-hydrogen) atoms. The molecule has 3 heteroatoms. The van der Waals surface area contributed by atoms with Gasteiger partial charge in [-0.25, -0.2) is 0 Å². The largest absolute Gasteiger partial charge is 0.428 e. The molecule has 1 heterocycles. The maximum Gasteiger partial charge on any atom is 0.192 e. The van der Waals surface area contributed by atoms with Crippen molar-refractivity contribution in [2.75, 3.05) is 0 Å². The summed E-state index contributed by atoms with van der Waals surface area (Å²) in [5.74, 6) is 0. The van der Waals surface area contributed by atoms with E-state index in [0.717, 1.165) is 25.0 Å². The van der Waals surface area contributed by atoms with Crippen LogP contribution < -0.4 is 5.43 Å². The van der Waals surface area contributed by atoms with Crippen LogP contribution in [0.15, 0.2) is 29.1 Å². The summed E-state index contributed by atoms with van der Waals surface area (Å²) in [5, 5.41) is 11.0. The minimum absolute atomic E-state index is 0.0434. The lowest BCUT2D eigenvalue weighted by molar-refractivity contribution is 0.187. The topological polar surface area (TPSA) is 42.2 Å². The van der Waals surface area contributed by atoms with Gasteiger partial charge < -0.3 is 5.21 Å². The Kier molecular flexibility index (Phi) is 7.36. The number of para-hydroxylation sites is 1. The van der Waals surface area contributed by atoms with Gasteiger partial charge in [-0.05, 0) is 31.9 Å². The van der Waals surface area contributed by atoms with Gasteiger partial charge in [-0.1, -0.05) is 70.4 Å². The number of fused-ring (bicyclic) bond motifs is 1. The summed E-state index contributed by atoms with van der Waals surface area (Å²) in [6.07, 6.45) is 12.2. The van der Waals surface area contributed by atoms with E-state index < -0.39 is 0 Å². The number of rotatable bonds is 10. The normalized spacial score (nSPS) is 11.2. The van der Waals surface area contributed by atoms with Gasteiger partial charge in [-0.2, -0.15) is 4.73 Å². The zero-order valence-corrected chi connectivity index (χ0v) is 15.2. The zero-order valence-electron chi connectivity index (χ0n) is 15.2. The molecule has 1 N–H and O–H groups in total. The molecule has 0 fully saturated rings. The quantitative estimate of drug-likeness (QED) is 0.454. The Bertz CT molecular complexity index is 703. The first-order chi connectivity index (χ1) is 11.7. The highest BCUT2D eigenvalue weighted by Crippen LogP contribution is 2.17. The molecule has 1 aromatic heterocycles. The highest BCUT2D eigenvalue weighted by atomic mass is 16.5. The third-order valence-electron chi connectivity index (χ3n) is 4.92. The number of nitrogens with zero attached hydrogens (tertiary/aromatic N) is 1. The van der Waals surface area contributed by atoms with Crippen LogP contribution in [0.3, 0.4) is 0 Å². The number of benzene rings is 1. The number of pyridine rings is 1. The van der Waals surface area contributed by atoms with Gasteiger partial charge in [0.2, 0.25) is 0 Å². The van der Waals surface area contributed by atoms with Crippen LogP contribution in [0.4, 0.5) is 0 Å². The molecule has 0 bridgehead atoms. The standard InChI is InChI=1S/C21H31NO2/c1-3-4-5-6-7-8-9-10-11-15-19-17(2)21(23)18-14-12-13-16-20(18)22(19)24/h12-14,16,24H,3-11,15H2,1-2H3. The van der Waals surface area contributed by atoms with E-state index in [2.05, 4.69) is 6.92 Å². The molecule has 0 saturated carbocycles. The minimum Gasteiger partial charge on any atom is -0.428 e. The summed E-state index contributed by atoms with van der Waals surface area (Å²) < 4.78 is 1.22. The third-order valence-corrected chi connectivity index (χ3v) is 4.92. The number of hydrogen-bond acceptors (Lipinski definition) is 2. The van der Waals surface area contributed by atoms with E-state index >= 15 is 0 Å². The van der Waals surface area contributed by atoms with Gasteiger partial charge in [0.05, 0.1) is 11.2 Å². The first-order valence-electron chi connectivity index (χ1n) is 9.49. The second kappa shape index (κ2) is 9.51. The van der Waals surface area contributed by atoms with E-state index in [1.807, 2.05) is 19.1 Å². The molecule has 0 unspecified atom stereocenters. The molecule has 0 radical (unpaired) electrons. The molecule has 132 valence electrons. The maximum atomic E-state index is 12.4. The SMILES string of the molecule is CCCCCCCCCCCc1c(C)c(=O)c2ccccc2n1O. The predicted molar refractivity (Wildman–Crippen MR) is 101 cm³/mol. The molecule has 0 aliphatic carbocycles. The molecule has 2 aromatic rings. The van der Waals surface area contributed by atoms with Crippen LogP contribution >= 0.6 is 0 Å². The molecule has 3 nitrogen and oxygen atoms in total. The fraction of sp³-hybridized carbons (Fsp3) is 0.571. The van der Waals surface area contributed by atoms with Crippen LogP contribution in [0.5, 0.6) is 0 Å². The Hall–Kier alpha value is -1.77. The Labute approximate surface area is 145 Å². The van der Waals surface area contributed by atoms with E-state index in [1.165, 1.54) is 49.7 Å². The first-order valence-corrected chi connectivity index (χ1v) is 9.49. The maximum absolute atomic E-state index is 12.4. The Balaban J connectivity index is 1.86. The first kappa shape index (κ1) is 18.6. The highest BCUT2D eigenvalue weighted by Gasteiger charge is 2.12. The van der Waals surface area contributed by atoms with Crippen LogP contribution in [-0.2, 0) is 6.42 Å². The molecule has 0 spiro atoms. The summed E-state index contributed by atoms with van der Waals surface area (Å²) in [4.78, 5) is 12.4. The average molecular weight is 329 g/mol. The molecule has 0 atom stereocenters. The summed E-state index contributed by atoms with van der Waals surface area (Å²) in [5.41, 5.74) is 2.10. The van der Waals surface area contributed by atoms with Gasteiger partial charge in [0, 0.05) is 10.9 Å². The number of unbranched alkanes of at least 4 members (excludes halogenated alkanes) is 8. The van der Waals surface area contributed by atoms with Crippen molar-refractivity contribution in [1.29, 1.82) is 0 Å². The number of hydrogen-bond donors (Lipinski definition) is 1. The van der Waals surface area contributed by atoms with Crippen molar-refractivity contribution in [3.05, 3.63) is 45.7 Å². The fourth-order valence-corrected chi connectivity index (χ4v) is 3.38. The molecular formula is C21H31NO2. The van der Waals surface area contributed by atoms with Crippen LogP contribution in [0.2, 0.25) is 0 Å². The summed E-state index contributed by atoms with van der Waals surface area (Å²) in [6, 6.07) is 7.27. The Morgan fingerprint density at radius 1 is 0.917 bits per heavy atom. The van der Waals surface area contributed by atoms with Gasteiger partial charge in [0.1, 0.15) is 0 Å². The Morgan fingerprint density at radius 3 is 2.17 bits per heavy atom. The lowest BCUT2D eigenvalue weighted by Gasteiger charge is -2.13. The minimum atomic E-state index is 0.0434. The van der Waals surface area contributed by atoms with Crippen molar-refractivity contribution in [1.82, 2.24) is 4.73 Å². The monoisotopic (exact) mass is 329 g/mol. The summed E-state index contributed by atoms with van der Waals surface area (Å²) in [6.45, 7) is 4.07. The van der Waals surface area contributed by atoms with Gasteiger partial charge >= 0.3 is 0 Å². The van der Waals surface area contributed by atoms with Gasteiger partial charge in [-0.3, -0.25) is 4.79 Å². The fourth-order valence-electron chi connectivity index (χ4n) is 3.38. The summed E-state index contributed by atoms with van der Waals surface area (Å²) in [7, 11) is 0. The predicted octanol–water partition coefficient (Wildman–Crippen LogP) is 5.62. The highest BCUT2D eigenvalue weighted by molar-refractivity contribution is 5.79. The van der Waals surface area contributed by atoms with E-state index in [1.54, 1.807) is 12.1 Å². The van der Waals surface area contributed by atoms with Crippen molar-refractivity contribution >= 4 is 10.9 Å². The number of aromatic nitrogens is 1. The summed E-state index contributed by atoms with van der Waals surface area (Å²) >= 11 is 0. The third kappa shape index (κ3) is 4.62. The van der Waals surface area contributed by atoms with Crippen LogP contribution in [0.25, 0.3) is 10.9 Å². The second-order valence-corrected chi connectivity index (χ2v) is 6.81. The van der Waals surface area contributed by atoms with E-state index in [0.29, 0.717) is 16.5 Å². The van der Waals surface area contributed by atoms with Gasteiger partial charge in [-0.15, -0.1) is 0 Å². The van der Waals surface area contributed by atoms with E-state index in [-0.39, 0.29) is 5.43 Å². The molecular weight excluding hydrogens is 298 g/mol. The Morgan fingerprint density at radius 2 is 1.50 bits per heavy atom. The molecule has 0 aliphatic rings. The van der Waals surface area contributed by atoms with Crippen molar-refractivity contribution in [3.63, 3.8) is 0 Å². The zero-order chi connectivity index (χ0) is 17.4. The molecule has 2 rings (SSSR count). The molecule has 0 amide bonds. The van der Waals surface area contributed by atoms with Crippen molar-refractivity contribution in [3.8, 4) is 0 Å². The second-order valence-electron chi connectivity index (χ2n) is 6.81. The smallest absolute Gasteiger partial charge is 0.192 e. The lowest BCUT2D eigenvalue weighted by Crippen LogP contribution is -2.17. The lowest BCUT2D eigenvalue weighted by atomic mass is 10.0. The van der Waals surface area contributed by atoms with Crippen LogP contribution in [0.1, 0.15) is 76.0 Å². The van der Waals surface area contributed by atoms with E-state index in [9.17, 15) is 10.0 Å². The molecule has 0 saturated heterocycles. The van der Waals surface area contributed by atoms with Gasteiger partial charge in [0.25, 0.3) is 0 Å². The van der Waals surface area contributed by atoms with Crippen LogP contribution in [0, 0.1) is 6.92 Å². The van der Waals surface area contributed by atoms with E-state index in [4.69, 9.17) is 0 Å². The van der Waals surface area contributed by atoms with Crippen molar-refractivity contribution < 1.29 is 5.21 Å². The average Bonchev–Trinajstić information content (AvgIpc) is 2.61. The molecule has 0 aliphatic heterocycles. The van der Waals surface area contributed by atoms with Crippen LogP contribution in [-0.4, -0.2) is 9.94 Å².